The molecule has 2 bridgehead atoms. The molecule has 3 heterocycles. The minimum atomic E-state index is -2.93. The summed E-state index contributed by atoms with van der Waals surface area (Å²) in [5.41, 5.74) is 2.96. The molecule has 6 nitrogen and oxygen atoms in total. The zero-order chi connectivity index (χ0) is 17.3. The van der Waals surface area contributed by atoms with E-state index in [1.165, 1.54) is 0 Å². The van der Waals surface area contributed by atoms with Crippen LogP contribution in [0.2, 0.25) is 0 Å². The van der Waals surface area contributed by atoms with Crippen LogP contribution in [0.5, 0.6) is 0 Å². The summed E-state index contributed by atoms with van der Waals surface area (Å²) in [7, 11) is -2.93. The number of rotatable bonds is 6. The molecule has 1 N–H and O–H groups in total. The monoisotopic (exact) mass is 358 g/mol. The second-order valence-electron chi connectivity index (χ2n) is 8.05. The molecule has 3 aliphatic rings. The first kappa shape index (κ1) is 15.4. The fourth-order valence-electron chi connectivity index (χ4n) is 5.12. The molecule has 0 saturated heterocycles. The molecule has 7 heteroatoms. The zero-order valence-electron chi connectivity index (χ0n) is 14.3. The Balaban J connectivity index is 1.43. The molecule has 3 saturated carbocycles. The van der Waals surface area contributed by atoms with E-state index in [0.29, 0.717) is 11.5 Å². The Morgan fingerprint density at radius 3 is 2.84 bits per heavy atom. The maximum Gasteiger partial charge on any atom is 0.150 e. The van der Waals surface area contributed by atoms with Crippen LogP contribution >= 0.6 is 0 Å². The summed E-state index contributed by atoms with van der Waals surface area (Å²) in [5, 5.41) is 1.09. The van der Waals surface area contributed by atoms with Gasteiger partial charge in [-0.1, -0.05) is 13.3 Å². The van der Waals surface area contributed by atoms with E-state index >= 15 is 0 Å². The van der Waals surface area contributed by atoms with E-state index in [4.69, 9.17) is 0 Å². The van der Waals surface area contributed by atoms with Gasteiger partial charge in [0.25, 0.3) is 0 Å². The van der Waals surface area contributed by atoms with Gasteiger partial charge in [0.15, 0.2) is 9.84 Å². The van der Waals surface area contributed by atoms with Gasteiger partial charge in [0.1, 0.15) is 11.2 Å². The topological polar surface area (TPSA) is 80.6 Å². The molecular weight excluding hydrogens is 336 g/mol. The van der Waals surface area contributed by atoms with Gasteiger partial charge in [-0.05, 0) is 37.2 Å². The predicted octanol–water partition coefficient (Wildman–Crippen LogP) is 3.01. The van der Waals surface area contributed by atoms with Crippen LogP contribution in [0.1, 0.15) is 39.0 Å². The number of sulfone groups is 1. The van der Waals surface area contributed by atoms with E-state index in [9.17, 15) is 8.42 Å². The highest BCUT2D eigenvalue weighted by atomic mass is 32.2. The Hall–Kier alpha value is -1.89. The van der Waals surface area contributed by atoms with Crippen molar-refractivity contribution in [2.45, 2.75) is 44.6 Å². The first-order valence-electron chi connectivity index (χ1n) is 8.96. The van der Waals surface area contributed by atoms with E-state index in [2.05, 4.69) is 19.5 Å². The number of aromatic amines is 1. The van der Waals surface area contributed by atoms with Crippen LogP contribution in [0.4, 0.5) is 0 Å². The lowest BCUT2D eigenvalue weighted by Gasteiger charge is -2.71. The van der Waals surface area contributed by atoms with Gasteiger partial charge in [0.05, 0.1) is 29.5 Å². The Morgan fingerprint density at radius 1 is 1.28 bits per heavy atom. The largest absolute Gasteiger partial charge is 0.346 e. The fraction of sp³-hybridized carbons (Fsp3) is 0.556. The summed E-state index contributed by atoms with van der Waals surface area (Å²) >= 11 is 0. The number of hydrogen-bond acceptors (Lipinski definition) is 4. The standard InChI is InChI=1S/C18H22N4O2S/c1-2-3-6-25(23,24)11-17-8-18(9-17,10-17)22-12-21-14-7-20-16-13(15(14)22)4-5-19-16/h4-5,7,12H,2-3,6,8-11H2,1H3,(H,19,20). The summed E-state index contributed by atoms with van der Waals surface area (Å²) in [6.45, 7) is 2.03. The normalized spacial score (nSPS) is 28.2. The lowest BCUT2D eigenvalue weighted by Crippen LogP contribution is -2.69. The van der Waals surface area contributed by atoms with Crippen LogP contribution in [-0.4, -0.2) is 39.4 Å². The maximum absolute atomic E-state index is 12.3. The third-order valence-electron chi connectivity index (χ3n) is 6.05. The first-order valence-corrected chi connectivity index (χ1v) is 10.8. The van der Waals surface area contributed by atoms with Gasteiger partial charge in [-0.25, -0.2) is 18.4 Å². The van der Waals surface area contributed by atoms with Crippen molar-refractivity contribution >= 4 is 31.9 Å². The highest BCUT2D eigenvalue weighted by Crippen LogP contribution is 2.72. The number of hydrogen-bond donors (Lipinski definition) is 1. The predicted molar refractivity (Wildman–Crippen MR) is 97.2 cm³/mol. The van der Waals surface area contributed by atoms with Crippen LogP contribution in [0, 0.1) is 5.41 Å². The number of nitrogens with zero attached hydrogens (tertiary/aromatic N) is 3. The summed E-state index contributed by atoms with van der Waals surface area (Å²) in [5.74, 6) is 0.692. The van der Waals surface area contributed by atoms with Crippen LogP contribution in [-0.2, 0) is 15.4 Å². The summed E-state index contributed by atoms with van der Waals surface area (Å²) in [6, 6.07) is 2.04. The lowest BCUT2D eigenvalue weighted by molar-refractivity contribution is -0.168. The summed E-state index contributed by atoms with van der Waals surface area (Å²) < 4.78 is 26.9. The van der Waals surface area contributed by atoms with E-state index in [-0.39, 0.29) is 11.0 Å². The molecule has 3 aromatic heterocycles. The molecule has 3 fully saturated rings. The van der Waals surface area contributed by atoms with Crippen LogP contribution in [0.15, 0.2) is 24.8 Å². The van der Waals surface area contributed by atoms with Gasteiger partial charge < -0.3 is 9.55 Å². The van der Waals surface area contributed by atoms with E-state index < -0.39 is 9.84 Å². The van der Waals surface area contributed by atoms with Gasteiger partial charge in [-0.3, -0.25) is 0 Å². The van der Waals surface area contributed by atoms with Crippen LogP contribution in [0.3, 0.4) is 0 Å². The number of unbranched alkanes of at least 4 members (excludes halogenated alkanes) is 1. The molecule has 25 heavy (non-hydrogen) atoms. The molecule has 0 aliphatic heterocycles. The first-order chi connectivity index (χ1) is 12.0. The number of aromatic nitrogens is 4. The van der Waals surface area contributed by atoms with Gasteiger partial charge in [0, 0.05) is 17.1 Å². The van der Waals surface area contributed by atoms with Crippen molar-refractivity contribution in [1.29, 1.82) is 0 Å². The number of H-pyrrole nitrogens is 1. The van der Waals surface area contributed by atoms with Crippen molar-refractivity contribution in [3.05, 3.63) is 24.8 Å². The number of nitrogens with one attached hydrogen (secondary N) is 1. The second-order valence-corrected chi connectivity index (χ2v) is 10.2. The van der Waals surface area contributed by atoms with E-state index in [1.807, 2.05) is 25.5 Å². The van der Waals surface area contributed by atoms with Crippen molar-refractivity contribution in [1.82, 2.24) is 19.5 Å². The molecular formula is C18H22N4O2S. The molecule has 0 atom stereocenters. The Labute approximate surface area is 146 Å². The molecule has 3 aliphatic carbocycles. The van der Waals surface area contributed by atoms with Crippen molar-refractivity contribution in [3.63, 3.8) is 0 Å². The minimum Gasteiger partial charge on any atom is -0.346 e. The second kappa shape index (κ2) is 4.84. The smallest absolute Gasteiger partial charge is 0.150 e. The van der Waals surface area contributed by atoms with Crippen molar-refractivity contribution < 1.29 is 8.42 Å². The molecule has 3 aromatic rings. The Bertz CT molecular complexity index is 1060. The van der Waals surface area contributed by atoms with Crippen molar-refractivity contribution in [2.24, 2.45) is 5.41 Å². The van der Waals surface area contributed by atoms with Gasteiger partial charge in [-0.2, -0.15) is 0 Å². The molecule has 0 spiro atoms. The zero-order valence-corrected chi connectivity index (χ0v) is 15.1. The van der Waals surface area contributed by atoms with E-state index in [1.54, 1.807) is 6.20 Å². The number of fused-ring (bicyclic) bond motifs is 3. The highest BCUT2D eigenvalue weighted by Gasteiger charge is 2.69. The van der Waals surface area contributed by atoms with Gasteiger partial charge in [0.2, 0.25) is 0 Å². The summed E-state index contributed by atoms with van der Waals surface area (Å²) in [6.07, 6.45) is 10.2. The summed E-state index contributed by atoms with van der Waals surface area (Å²) in [4.78, 5) is 12.1. The fourth-order valence-corrected chi connectivity index (χ4v) is 7.23. The maximum atomic E-state index is 12.3. The average Bonchev–Trinajstić information content (AvgIpc) is 3.13. The molecule has 0 radical (unpaired) electrons. The SMILES string of the molecule is CCCCS(=O)(=O)CC12CC(n3cnc4cnc5[nH]ccc5c43)(C1)C2. The molecule has 0 unspecified atom stereocenters. The third-order valence-corrected chi connectivity index (χ3v) is 8.01. The average molecular weight is 358 g/mol. The lowest BCUT2D eigenvalue weighted by atomic mass is 9.40. The van der Waals surface area contributed by atoms with Gasteiger partial charge >= 0.3 is 0 Å². The Morgan fingerprint density at radius 2 is 2.08 bits per heavy atom. The third kappa shape index (κ3) is 2.11. The number of pyridine rings is 1. The minimum absolute atomic E-state index is 0.00740. The molecule has 6 rings (SSSR count). The Kier molecular flexibility index (Phi) is 2.98. The van der Waals surface area contributed by atoms with E-state index in [0.717, 1.165) is 54.2 Å². The van der Waals surface area contributed by atoms with Gasteiger partial charge in [-0.15, -0.1) is 0 Å². The van der Waals surface area contributed by atoms with Crippen molar-refractivity contribution in [3.8, 4) is 0 Å². The molecule has 0 aromatic carbocycles. The highest BCUT2D eigenvalue weighted by molar-refractivity contribution is 7.91. The van der Waals surface area contributed by atoms with Crippen LogP contribution < -0.4 is 0 Å². The number of imidazole rings is 1. The molecule has 132 valence electrons. The van der Waals surface area contributed by atoms with Crippen molar-refractivity contribution in [2.75, 3.05) is 11.5 Å². The molecule has 0 amide bonds. The quantitative estimate of drug-likeness (QED) is 0.734. The van der Waals surface area contributed by atoms with Crippen LogP contribution in [0.25, 0.3) is 22.1 Å².